The Balaban J connectivity index is -0.000000276. The highest BCUT2D eigenvalue weighted by Gasteiger charge is 2.15. The van der Waals surface area contributed by atoms with Gasteiger partial charge in [0.1, 0.15) is 6.54 Å². The molecule has 0 heterocycles. The molecule has 1 aromatic carbocycles. The summed E-state index contributed by atoms with van der Waals surface area (Å²) in [7, 11) is 16.3. The third kappa shape index (κ3) is 64.5. The fraction of sp³-hybridized carbons (Fsp3) is 0.900. The summed E-state index contributed by atoms with van der Waals surface area (Å²) < 4.78 is 3.43. The fourth-order valence-corrected chi connectivity index (χ4v) is 8.86. The van der Waals surface area contributed by atoms with Crippen LogP contribution in [0.3, 0.4) is 0 Å². The van der Waals surface area contributed by atoms with Gasteiger partial charge in [0, 0.05) is 5.56 Å². The lowest BCUT2D eigenvalue weighted by molar-refractivity contribution is -0.903. The van der Waals surface area contributed by atoms with Crippen molar-refractivity contribution in [3.63, 3.8) is 0 Å². The van der Waals surface area contributed by atoms with Gasteiger partial charge in [-0.3, -0.25) is 0 Å². The maximum Gasteiger partial charge on any atom is 0.104 e. The molecule has 0 aliphatic rings. The van der Waals surface area contributed by atoms with Gasteiger partial charge in [0.25, 0.3) is 0 Å². The molecular weight excluding hydrogens is 1000 g/mol. The SMILES string of the molecule is CCCCCCCCCCCCCCCC[N+](C)(C)C.CCCCCCCCCCCCCCCC[N+](C)(C)CC.CCCCCCCCCCCC[N+](C)(C)Cc1ccccc1.[Br-].[Br-].[Br-]. The first kappa shape index (κ1) is 75.5. The first-order chi connectivity index (χ1) is 30.3. The Morgan fingerprint density at radius 3 is 0.742 bits per heavy atom. The monoisotopic (exact) mass is 1120 g/mol. The molecule has 0 aliphatic heterocycles. The number of unbranched alkanes of at least 4 members (excludes halogenated alkanes) is 35. The van der Waals surface area contributed by atoms with E-state index in [2.05, 4.69) is 107 Å². The number of hydrogen-bond acceptors (Lipinski definition) is 0. The van der Waals surface area contributed by atoms with Gasteiger partial charge in [0.05, 0.1) is 75.5 Å². The Morgan fingerprint density at radius 1 is 0.273 bits per heavy atom. The maximum absolute atomic E-state index is 2.36. The van der Waals surface area contributed by atoms with E-state index in [1.54, 1.807) is 0 Å². The quantitative estimate of drug-likeness (QED) is 0.0452. The van der Waals surface area contributed by atoms with Gasteiger partial charge in [-0.15, -0.1) is 0 Å². The first-order valence-corrected chi connectivity index (χ1v) is 28.8. The molecule has 6 heteroatoms. The summed E-state index contributed by atoms with van der Waals surface area (Å²) in [5.74, 6) is 0. The lowest BCUT2D eigenvalue weighted by Gasteiger charge is -2.30. The van der Waals surface area contributed by atoms with E-state index in [4.69, 9.17) is 0 Å². The van der Waals surface area contributed by atoms with Crippen molar-refractivity contribution in [2.24, 2.45) is 0 Å². The van der Waals surface area contributed by atoms with Crippen molar-refractivity contribution >= 4 is 0 Å². The molecule has 0 aliphatic carbocycles. The van der Waals surface area contributed by atoms with Crippen LogP contribution in [-0.2, 0) is 6.54 Å². The minimum atomic E-state index is 0. The normalized spacial score (nSPS) is 11.4. The van der Waals surface area contributed by atoms with Crippen LogP contribution < -0.4 is 50.9 Å². The van der Waals surface area contributed by atoms with Crippen LogP contribution in [0.1, 0.15) is 277 Å². The molecule has 1 aromatic rings. The average molecular weight is 1130 g/mol. The molecule has 0 aromatic heterocycles. The van der Waals surface area contributed by atoms with E-state index in [9.17, 15) is 0 Å². The summed E-state index contributed by atoms with van der Waals surface area (Å²) in [5.41, 5.74) is 1.46. The summed E-state index contributed by atoms with van der Waals surface area (Å²) in [4.78, 5) is 0. The lowest BCUT2D eigenvalue weighted by atomic mass is 10.0. The van der Waals surface area contributed by atoms with Crippen LogP contribution in [0.15, 0.2) is 30.3 Å². The largest absolute Gasteiger partial charge is 1.00 e. The van der Waals surface area contributed by atoms with Gasteiger partial charge in [-0.1, -0.05) is 257 Å². The Bertz CT molecular complexity index is 997. The van der Waals surface area contributed by atoms with Gasteiger partial charge < -0.3 is 64.4 Å². The van der Waals surface area contributed by atoms with Crippen LogP contribution in [0.5, 0.6) is 0 Å². The van der Waals surface area contributed by atoms with E-state index in [0.29, 0.717) is 0 Å². The third-order valence-corrected chi connectivity index (χ3v) is 13.7. The molecule has 0 saturated carbocycles. The van der Waals surface area contributed by atoms with Crippen molar-refractivity contribution in [1.29, 1.82) is 0 Å². The van der Waals surface area contributed by atoms with Crippen molar-refractivity contribution in [3.8, 4) is 0 Å². The highest BCUT2D eigenvalue weighted by Crippen LogP contribution is 2.17. The molecule has 0 saturated heterocycles. The number of benzene rings is 1. The van der Waals surface area contributed by atoms with Crippen molar-refractivity contribution in [2.45, 2.75) is 278 Å². The standard InChI is InChI=1S/C21H38N.C20H44N.C19H42N.3BrH/c1-4-5-6-7-8-9-10-11-12-16-19-22(2,3)20-21-17-14-13-15-18-21;1-5-7-8-9-10-11-12-13-14-15-16-17-18-19-20-21(3,4)6-2;1-5-6-7-8-9-10-11-12-13-14-15-16-17-18-19-20(2,3)4;;;/h13-15,17-18H,4-12,16,19-20H2,1-3H3;5-20H2,1-4H3;5-19H2,1-4H3;3*1H/q3*+1;;;/p-3. The average Bonchev–Trinajstić information content (AvgIpc) is 3.25. The number of rotatable bonds is 44. The highest BCUT2D eigenvalue weighted by atomic mass is 79.9. The van der Waals surface area contributed by atoms with E-state index in [1.165, 1.54) is 280 Å². The summed E-state index contributed by atoms with van der Waals surface area (Å²) in [6.07, 6.45) is 55.0. The molecule has 0 N–H and O–H groups in total. The third-order valence-electron chi connectivity index (χ3n) is 13.7. The van der Waals surface area contributed by atoms with Crippen LogP contribution in [0.2, 0.25) is 0 Å². The molecule has 0 spiro atoms. The zero-order valence-corrected chi connectivity index (χ0v) is 52.0. The van der Waals surface area contributed by atoms with Gasteiger partial charge in [-0.25, -0.2) is 0 Å². The summed E-state index contributed by atoms with van der Waals surface area (Å²) in [6, 6.07) is 10.9. The maximum atomic E-state index is 2.36. The van der Waals surface area contributed by atoms with E-state index >= 15 is 0 Å². The van der Waals surface area contributed by atoms with Crippen LogP contribution in [0, 0.1) is 0 Å². The van der Waals surface area contributed by atoms with Crippen molar-refractivity contribution in [3.05, 3.63) is 35.9 Å². The van der Waals surface area contributed by atoms with Gasteiger partial charge >= 0.3 is 0 Å². The van der Waals surface area contributed by atoms with Crippen molar-refractivity contribution in [1.82, 2.24) is 0 Å². The minimum absolute atomic E-state index is 0. The Hall–Kier alpha value is 0.540. The second kappa shape index (κ2) is 56.5. The fourth-order valence-electron chi connectivity index (χ4n) is 8.86. The smallest absolute Gasteiger partial charge is 0.104 e. The van der Waals surface area contributed by atoms with Gasteiger partial charge in [0.15, 0.2) is 0 Å². The Kier molecular flexibility index (Phi) is 64.6. The molecule has 0 amide bonds. The van der Waals surface area contributed by atoms with Crippen LogP contribution >= 0.6 is 0 Å². The molecule has 400 valence electrons. The molecule has 1 rings (SSSR count). The van der Waals surface area contributed by atoms with E-state index < -0.39 is 0 Å². The Morgan fingerprint density at radius 2 is 0.500 bits per heavy atom. The van der Waals surface area contributed by atoms with Crippen LogP contribution in [-0.4, -0.2) is 89.0 Å². The number of nitrogens with zero attached hydrogens (tertiary/aromatic N) is 3. The second-order valence-electron chi connectivity index (χ2n) is 22.7. The zero-order chi connectivity index (χ0) is 47.0. The van der Waals surface area contributed by atoms with Crippen LogP contribution in [0.25, 0.3) is 0 Å². The van der Waals surface area contributed by atoms with Gasteiger partial charge in [0.2, 0.25) is 0 Å². The summed E-state index contributed by atoms with van der Waals surface area (Å²) in [6.45, 7) is 15.6. The molecule has 0 atom stereocenters. The zero-order valence-electron chi connectivity index (χ0n) is 47.3. The highest BCUT2D eigenvalue weighted by molar-refractivity contribution is 5.13. The second-order valence-corrected chi connectivity index (χ2v) is 22.7. The molecule has 0 bridgehead atoms. The van der Waals surface area contributed by atoms with Gasteiger partial charge in [-0.2, -0.15) is 0 Å². The molecule has 3 nitrogen and oxygen atoms in total. The molecular formula is C60H124Br3N3. The van der Waals surface area contributed by atoms with E-state index in [0.717, 1.165) is 15.5 Å². The molecule has 0 unspecified atom stereocenters. The molecule has 66 heavy (non-hydrogen) atoms. The summed E-state index contributed by atoms with van der Waals surface area (Å²) >= 11 is 0. The van der Waals surface area contributed by atoms with Crippen LogP contribution in [0.4, 0.5) is 0 Å². The lowest BCUT2D eigenvalue weighted by Crippen LogP contribution is -3.00. The summed E-state index contributed by atoms with van der Waals surface area (Å²) in [5, 5.41) is 0. The molecule has 0 fully saturated rings. The number of hydrogen-bond donors (Lipinski definition) is 0. The van der Waals surface area contributed by atoms with Gasteiger partial charge in [-0.05, 0) is 45.4 Å². The topological polar surface area (TPSA) is 0 Å². The van der Waals surface area contributed by atoms with E-state index in [1.807, 2.05) is 0 Å². The number of halogens is 3. The van der Waals surface area contributed by atoms with Crippen molar-refractivity contribution < 1.29 is 64.4 Å². The first-order valence-electron chi connectivity index (χ1n) is 28.8. The van der Waals surface area contributed by atoms with E-state index in [-0.39, 0.29) is 50.9 Å². The predicted octanol–water partition coefficient (Wildman–Crippen LogP) is 9.93. The molecule has 0 radical (unpaired) electrons. The Labute approximate surface area is 451 Å². The number of quaternary nitrogens is 3. The predicted molar refractivity (Wildman–Crippen MR) is 290 cm³/mol. The van der Waals surface area contributed by atoms with Crippen molar-refractivity contribution in [2.75, 3.05) is 75.5 Å². The minimum Gasteiger partial charge on any atom is -1.00 e.